The number of carbonyl (C=O) groups excluding carboxylic acids is 3. The Morgan fingerprint density at radius 1 is 1.23 bits per heavy atom. The van der Waals surface area contributed by atoms with Gasteiger partial charge in [-0.25, -0.2) is 0 Å². The van der Waals surface area contributed by atoms with Gasteiger partial charge in [0.15, 0.2) is 0 Å². The third kappa shape index (κ3) is 4.13. The summed E-state index contributed by atoms with van der Waals surface area (Å²) < 4.78 is 5.65. The highest BCUT2D eigenvalue weighted by molar-refractivity contribution is 6.12. The molecule has 0 unspecified atom stereocenters. The molecule has 0 aliphatic carbocycles. The molecular formula is C19H17N3O4. The quantitative estimate of drug-likeness (QED) is 0.844. The number of pyridine rings is 1. The smallest absolute Gasteiger partial charge is 0.277 e. The highest BCUT2D eigenvalue weighted by atomic mass is 16.5. The molecule has 1 N–H and O–H groups in total. The van der Waals surface area contributed by atoms with Gasteiger partial charge in [0.25, 0.3) is 5.91 Å². The molecule has 1 aromatic carbocycles. The van der Waals surface area contributed by atoms with Gasteiger partial charge in [-0.3, -0.25) is 24.3 Å². The summed E-state index contributed by atoms with van der Waals surface area (Å²) in [5.41, 5.74) is 1.52. The van der Waals surface area contributed by atoms with Crippen molar-refractivity contribution in [3.05, 3.63) is 65.6 Å². The van der Waals surface area contributed by atoms with Gasteiger partial charge >= 0.3 is 0 Å². The first kappa shape index (κ1) is 17.3. The number of hydrogen-bond donors (Lipinski definition) is 1. The molecule has 0 bridgehead atoms. The van der Waals surface area contributed by atoms with Crippen molar-refractivity contribution in [1.82, 2.24) is 15.2 Å². The minimum Gasteiger partial charge on any atom is -0.487 e. The maximum Gasteiger partial charge on any atom is 0.277 e. The van der Waals surface area contributed by atoms with Crippen molar-refractivity contribution in [2.24, 2.45) is 0 Å². The highest BCUT2D eigenvalue weighted by Crippen LogP contribution is 2.15. The van der Waals surface area contributed by atoms with Crippen molar-refractivity contribution >= 4 is 23.8 Å². The third-order valence-electron chi connectivity index (χ3n) is 3.73. The standard InChI is InChI=1S/C19H17N3O4/c1-13(23)22-11-18(24)21-17(19(22)25)9-15-7-8-16(10-20-15)26-12-14-5-3-2-4-6-14/h2-10H,11-12H2,1H3,(H,21,24)/b17-9+. The average Bonchev–Trinajstić information content (AvgIpc) is 2.64. The lowest BCUT2D eigenvalue weighted by molar-refractivity contribution is -0.147. The van der Waals surface area contributed by atoms with Crippen LogP contribution in [0.2, 0.25) is 0 Å². The van der Waals surface area contributed by atoms with Crippen LogP contribution in [0.1, 0.15) is 18.2 Å². The molecule has 1 fully saturated rings. The van der Waals surface area contributed by atoms with Gasteiger partial charge in [-0.1, -0.05) is 30.3 Å². The fourth-order valence-electron chi connectivity index (χ4n) is 2.41. The summed E-state index contributed by atoms with van der Waals surface area (Å²) in [6.45, 7) is 1.39. The topological polar surface area (TPSA) is 88.6 Å². The van der Waals surface area contributed by atoms with Crippen LogP contribution in [0.15, 0.2) is 54.4 Å². The number of carbonyl (C=O) groups is 3. The number of piperazine rings is 1. The van der Waals surface area contributed by atoms with Crippen LogP contribution in [0.4, 0.5) is 0 Å². The van der Waals surface area contributed by atoms with Crippen LogP contribution in [0.25, 0.3) is 6.08 Å². The highest BCUT2D eigenvalue weighted by Gasteiger charge is 2.30. The summed E-state index contributed by atoms with van der Waals surface area (Å²) in [7, 11) is 0. The van der Waals surface area contributed by atoms with E-state index in [0.717, 1.165) is 10.5 Å². The number of amides is 3. The molecule has 1 saturated heterocycles. The Hall–Kier alpha value is -3.48. The Balaban J connectivity index is 1.69. The SMILES string of the molecule is CC(=O)N1CC(=O)N/C(=C/c2ccc(OCc3ccccc3)cn2)C1=O. The first-order valence-corrected chi connectivity index (χ1v) is 7.99. The van der Waals surface area contributed by atoms with Gasteiger partial charge in [0, 0.05) is 6.92 Å². The molecule has 26 heavy (non-hydrogen) atoms. The van der Waals surface area contributed by atoms with Gasteiger partial charge in [0.1, 0.15) is 24.6 Å². The van der Waals surface area contributed by atoms with Crippen molar-refractivity contribution < 1.29 is 19.1 Å². The van der Waals surface area contributed by atoms with Gasteiger partial charge in [-0.05, 0) is 23.8 Å². The second-order valence-corrected chi connectivity index (χ2v) is 5.71. The largest absolute Gasteiger partial charge is 0.487 e. The van der Waals surface area contributed by atoms with E-state index in [1.807, 2.05) is 30.3 Å². The zero-order valence-electron chi connectivity index (χ0n) is 14.1. The monoisotopic (exact) mass is 351 g/mol. The molecule has 132 valence electrons. The molecule has 7 heteroatoms. The number of nitrogens with one attached hydrogen (secondary N) is 1. The van der Waals surface area contributed by atoms with Crippen molar-refractivity contribution in [2.75, 3.05) is 6.54 Å². The number of rotatable bonds is 4. The summed E-state index contributed by atoms with van der Waals surface area (Å²) in [6, 6.07) is 13.1. The second-order valence-electron chi connectivity index (χ2n) is 5.71. The van der Waals surface area contributed by atoms with Crippen molar-refractivity contribution in [3.8, 4) is 5.75 Å². The van der Waals surface area contributed by atoms with Crippen LogP contribution >= 0.6 is 0 Å². The van der Waals surface area contributed by atoms with Gasteiger partial charge < -0.3 is 10.1 Å². The minimum atomic E-state index is -0.552. The molecule has 1 aliphatic heterocycles. The number of ether oxygens (including phenoxy) is 1. The summed E-state index contributed by atoms with van der Waals surface area (Å²) in [4.78, 5) is 40.4. The molecular weight excluding hydrogens is 334 g/mol. The van der Waals surface area contributed by atoms with Crippen molar-refractivity contribution in [1.29, 1.82) is 0 Å². The Labute approximate surface area is 150 Å². The maximum absolute atomic E-state index is 12.2. The number of benzene rings is 1. The van der Waals surface area contributed by atoms with E-state index in [2.05, 4.69) is 10.3 Å². The van der Waals surface area contributed by atoms with Crippen LogP contribution in [0, 0.1) is 0 Å². The van der Waals surface area contributed by atoms with E-state index >= 15 is 0 Å². The predicted octanol–water partition coefficient (Wildman–Crippen LogP) is 1.51. The molecule has 3 rings (SSSR count). The lowest BCUT2D eigenvalue weighted by Gasteiger charge is -2.25. The van der Waals surface area contributed by atoms with E-state index in [-0.39, 0.29) is 12.2 Å². The van der Waals surface area contributed by atoms with Gasteiger partial charge in [0.05, 0.1) is 11.9 Å². The molecule has 1 aliphatic rings. The van der Waals surface area contributed by atoms with Gasteiger partial charge in [-0.2, -0.15) is 0 Å². The van der Waals surface area contributed by atoms with Gasteiger partial charge in [0.2, 0.25) is 11.8 Å². The summed E-state index contributed by atoms with van der Waals surface area (Å²) in [5.74, 6) is -0.870. The zero-order chi connectivity index (χ0) is 18.5. The maximum atomic E-state index is 12.2. The number of hydrogen-bond acceptors (Lipinski definition) is 5. The van der Waals surface area contributed by atoms with Crippen LogP contribution < -0.4 is 10.1 Å². The first-order valence-electron chi connectivity index (χ1n) is 7.99. The van der Waals surface area contributed by atoms with E-state index in [4.69, 9.17) is 4.74 Å². The van der Waals surface area contributed by atoms with E-state index < -0.39 is 17.7 Å². The molecule has 0 atom stereocenters. The lowest BCUT2D eigenvalue weighted by atomic mass is 10.2. The molecule has 3 amide bonds. The summed E-state index contributed by atoms with van der Waals surface area (Å²) in [6.07, 6.45) is 2.96. The van der Waals surface area contributed by atoms with Gasteiger partial charge in [-0.15, -0.1) is 0 Å². The van der Waals surface area contributed by atoms with Crippen LogP contribution in [0.5, 0.6) is 5.75 Å². The second kappa shape index (κ2) is 7.60. The van der Waals surface area contributed by atoms with Crippen LogP contribution in [-0.2, 0) is 21.0 Å². The van der Waals surface area contributed by atoms with Crippen LogP contribution in [-0.4, -0.2) is 34.2 Å². The molecule has 1 aromatic heterocycles. The number of imide groups is 1. The Morgan fingerprint density at radius 2 is 2.00 bits per heavy atom. The van der Waals surface area contributed by atoms with E-state index in [1.165, 1.54) is 19.2 Å². The summed E-state index contributed by atoms with van der Waals surface area (Å²) >= 11 is 0. The molecule has 0 spiro atoms. The predicted molar refractivity (Wildman–Crippen MR) is 93.5 cm³/mol. The minimum absolute atomic E-state index is 0.0157. The van der Waals surface area contributed by atoms with Crippen molar-refractivity contribution in [3.63, 3.8) is 0 Å². The molecule has 0 radical (unpaired) electrons. The normalized spacial score (nSPS) is 15.7. The number of nitrogens with zero attached hydrogens (tertiary/aromatic N) is 2. The van der Waals surface area contributed by atoms with E-state index in [1.54, 1.807) is 12.1 Å². The average molecular weight is 351 g/mol. The summed E-state index contributed by atoms with van der Waals surface area (Å²) in [5, 5.41) is 2.47. The molecule has 0 saturated carbocycles. The lowest BCUT2D eigenvalue weighted by Crippen LogP contribution is -2.51. The number of aromatic nitrogens is 1. The third-order valence-corrected chi connectivity index (χ3v) is 3.73. The Bertz CT molecular complexity index is 860. The Morgan fingerprint density at radius 3 is 2.65 bits per heavy atom. The zero-order valence-corrected chi connectivity index (χ0v) is 14.1. The van der Waals surface area contributed by atoms with Crippen LogP contribution in [0.3, 0.4) is 0 Å². The van der Waals surface area contributed by atoms with E-state index in [9.17, 15) is 14.4 Å². The fraction of sp³-hybridized carbons (Fsp3) is 0.158. The fourth-order valence-corrected chi connectivity index (χ4v) is 2.41. The van der Waals surface area contributed by atoms with Crippen molar-refractivity contribution in [2.45, 2.75) is 13.5 Å². The molecule has 2 heterocycles. The first-order chi connectivity index (χ1) is 12.5. The Kier molecular flexibility index (Phi) is 5.07. The molecule has 7 nitrogen and oxygen atoms in total. The molecule has 2 aromatic rings. The van der Waals surface area contributed by atoms with E-state index in [0.29, 0.717) is 18.1 Å².